The predicted octanol–water partition coefficient (Wildman–Crippen LogP) is 1.86. The van der Waals surface area contributed by atoms with E-state index in [1.807, 2.05) is 25.2 Å². The van der Waals surface area contributed by atoms with Crippen molar-refractivity contribution in [2.75, 3.05) is 6.61 Å². The summed E-state index contributed by atoms with van der Waals surface area (Å²) in [6.07, 6.45) is 6.55. The molecule has 0 fully saturated rings. The van der Waals surface area contributed by atoms with Crippen molar-refractivity contribution in [1.29, 1.82) is 0 Å². The van der Waals surface area contributed by atoms with E-state index in [2.05, 4.69) is 0 Å². The van der Waals surface area contributed by atoms with E-state index in [1.54, 1.807) is 0 Å². The fourth-order valence-corrected chi connectivity index (χ4v) is 1.00. The molecule has 0 radical (unpaired) electrons. The van der Waals surface area contributed by atoms with Crippen molar-refractivity contribution in [2.24, 2.45) is 0 Å². The third kappa shape index (κ3) is 1.61. The first-order valence-corrected chi connectivity index (χ1v) is 3.70. The first kappa shape index (κ1) is 7.83. The summed E-state index contributed by atoms with van der Waals surface area (Å²) in [6, 6.07) is 0. The second-order valence-corrected chi connectivity index (χ2v) is 3.43. The Morgan fingerprint density at radius 1 is 1.80 bits per heavy atom. The van der Waals surface area contributed by atoms with E-state index < -0.39 is 4.87 Å². The summed E-state index contributed by atoms with van der Waals surface area (Å²) in [5.41, 5.74) is 1.21. The molecule has 1 aliphatic carbocycles. The molecule has 0 aromatic rings. The van der Waals surface area contributed by atoms with Crippen LogP contribution in [0.25, 0.3) is 0 Å². The number of hydrogen-bond donors (Lipinski definition) is 1. The maximum absolute atomic E-state index is 8.82. The molecule has 0 heterocycles. The number of rotatable bonds is 1. The Bertz CT molecular complexity index is 184. The van der Waals surface area contributed by atoms with Crippen LogP contribution in [0.2, 0.25) is 0 Å². The molecular weight excluding hydrogens is 148 g/mol. The second kappa shape index (κ2) is 2.77. The Hall–Kier alpha value is -0.270. The van der Waals surface area contributed by atoms with Gasteiger partial charge in [0.1, 0.15) is 0 Å². The van der Waals surface area contributed by atoms with Gasteiger partial charge in [-0.3, -0.25) is 0 Å². The van der Waals surface area contributed by atoms with Gasteiger partial charge in [-0.05, 0) is 13.3 Å². The van der Waals surface area contributed by atoms with Gasteiger partial charge in [0.25, 0.3) is 0 Å². The highest BCUT2D eigenvalue weighted by atomic mass is 35.5. The minimum atomic E-state index is -0.528. The van der Waals surface area contributed by atoms with E-state index in [0.29, 0.717) is 0 Å². The standard InChI is InChI=1S/C8H11ClO/c1-7-2-4-8(9,6-10)5-3-7/h2-4,10H,5-6H2,1H3. The maximum atomic E-state index is 8.82. The van der Waals surface area contributed by atoms with Crippen molar-refractivity contribution < 1.29 is 5.11 Å². The zero-order valence-electron chi connectivity index (χ0n) is 5.97. The Balaban J connectivity index is 2.67. The lowest BCUT2D eigenvalue weighted by molar-refractivity contribution is 0.265. The molecule has 2 heteroatoms. The van der Waals surface area contributed by atoms with Crippen molar-refractivity contribution >= 4 is 11.6 Å². The third-order valence-electron chi connectivity index (χ3n) is 1.67. The van der Waals surface area contributed by atoms with Gasteiger partial charge in [0.05, 0.1) is 11.5 Å². The summed E-state index contributed by atoms with van der Waals surface area (Å²) in [5.74, 6) is 0. The van der Waals surface area contributed by atoms with Gasteiger partial charge in [-0.15, -0.1) is 11.6 Å². The van der Waals surface area contributed by atoms with Crippen LogP contribution in [0.1, 0.15) is 13.3 Å². The number of aliphatic hydroxyl groups is 1. The molecule has 1 nitrogen and oxygen atoms in total. The molecule has 1 rings (SSSR count). The molecule has 56 valence electrons. The average Bonchev–Trinajstić information content (AvgIpc) is 1.96. The van der Waals surface area contributed by atoms with E-state index in [-0.39, 0.29) is 6.61 Å². The minimum absolute atomic E-state index is 0.00877. The largest absolute Gasteiger partial charge is 0.394 e. The van der Waals surface area contributed by atoms with E-state index in [4.69, 9.17) is 16.7 Å². The van der Waals surface area contributed by atoms with Crippen molar-refractivity contribution in [1.82, 2.24) is 0 Å². The Kier molecular flexibility index (Phi) is 2.17. The highest BCUT2D eigenvalue weighted by Crippen LogP contribution is 2.26. The van der Waals surface area contributed by atoms with Crippen LogP contribution in [0.15, 0.2) is 23.8 Å². The third-order valence-corrected chi connectivity index (χ3v) is 2.07. The van der Waals surface area contributed by atoms with Gasteiger partial charge in [-0.1, -0.05) is 23.8 Å². The van der Waals surface area contributed by atoms with Gasteiger partial charge in [0.15, 0.2) is 0 Å². The van der Waals surface area contributed by atoms with Crippen LogP contribution < -0.4 is 0 Å². The Morgan fingerprint density at radius 2 is 2.50 bits per heavy atom. The quantitative estimate of drug-likeness (QED) is 0.578. The SMILES string of the molecule is CC1=CCC(Cl)(CO)C=C1. The highest BCUT2D eigenvalue weighted by Gasteiger charge is 2.22. The zero-order chi connectivity index (χ0) is 7.61. The van der Waals surface area contributed by atoms with Crippen LogP contribution in [0.5, 0.6) is 0 Å². The average molecular weight is 159 g/mol. The zero-order valence-corrected chi connectivity index (χ0v) is 6.73. The molecule has 0 aromatic carbocycles. The number of aliphatic hydroxyl groups excluding tert-OH is 1. The molecule has 0 aliphatic heterocycles. The molecule has 0 bridgehead atoms. The Labute approximate surface area is 66.0 Å². The molecule has 1 N–H and O–H groups in total. The fraction of sp³-hybridized carbons (Fsp3) is 0.500. The lowest BCUT2D eigenvalue weighted by Crippen LogP contribution is -2.24. The van der Waals surface area contributed by atoms with Crippen molar-refractivity contribution in [3.63, 3.8) is 0 Å². The lowest BCUT2D eigenvalue weighted by Gasteiger charge is -2.21. The summed E-state index contributed by atoms with van der Waals surface area (Å²) in [6.45, 7) is 2.03. The predicted molar refractivity (Wildman–Crippen MR) is 43.2 cm³/mol. The molecule has 0 spiro atoms. The second-order valence-electron chi connectivity index (χ2n) is 2.68. The topological polar surface area (TPSA) is 20.2 Å². The summed E-state index contributed by atoms with van der Waals surface area (Å²) < 4.78 is 0. The molecule has 1 atom stereocenters. The monoisotopic (exact) mass is 158 g/mol. The van der Waals surface area contributed by atoms with Crippen molar-refractivity contribution in [3.05, 3.63) is 23.8 Å². The van der Waals surface area contributed by atoms with Crippen LogP contribution in [0.3, 0.4) is 0 Å². The van der Waals surface area contributed by atoms with Gasteiger partial charge in [0, 0.05) is 0 Å². The highest BCUT2D eigenvalue weighted by molar-refractivity contribution is 6.25. The van der Waals surface area contributed by atoms with E-state index in [1.165, 1.54) is 5.57 Å². The molecule has 1 unspecified atom stereocenters. The molecule has 0 amide bonds. The van der Waals surface area contributed by atoms with E-state index in [9.17, 15) is 0 Å². The normalized spacial score (nSPS) is 32.1. The number of alkyl halides is 1. The number of allylic oxidation sites excluding steroid dienone is 3. The summed E-state index contributed by atoms with van der Waals surface area (Å²) >= 11 is 5.94. The molecule has 0 saturated heterocycles. The lowest BCUT2D eigenvalue weighted by atomic mass is 9.97. The van der Waals surface area contributed by atoms with Gasteiger partial charge >= 0.3 is 0 Å². The maximum Gasteiger partial charge on any atom is 0.0893 e. The smallest absolute Gasteiger partial charge is 0.0893 e. The van der Waals surface area contributed by atoms with Gasteiger partial charge in [-0.25, -0.2) is 0 Å². The molecule has 0 saturated carbocycles. The Morgan fingerprint density at radius 3 is 2.90 bits per heavy atom. The van der Waals surface area contributed by atoms with Crippen molar-refractivity contribution in [3.8, 4) is 0 Å². The van der Waals surface area contributed by atoms with Crippen LogP contribution in [0, 0.1) is 0 Å². The molecule has 0 aromatic heterocycles. The number of hydrogen-bond acceptors (Lipinski definition) is 1. The van der Waals surface area contributed by atoms with Gasteiger partial charge < -0.3 is 5.11 Å². The fourth-order valence-electron chi connectivity index (χ4n) is 0.865. The van der Waals surface area contributed by atoms with E-state index >= 15 is 0 Å². The molecular formula is C8H11ClO. The van der Waals surface area contributed by atoms with Crippen LogP contribution >= 0.6 is 11.6 Å². The van der Waals surface area contributed by atoms with Crippen LogP contribution in [0.4, 0.5) is 0 Å². The summed E-state index contributed by atoms with van der Waals surface area (Å²) in [7, 11) is 0. The summed E-state index contributed by atoms with van der Waals surface area (Å²) in [4.78, 5) is -0.528. The first-order valence-electron chi connectivity index (χ1n) is 3.32. The van der Waals surface area contributed by atoms with E-state index in [0.717, 1.165) is 6.42 Å². The molecule has 1 aliphatic rings. The molecule has 10 heavy (non-hydrogen) atoms. The van der Waals surface area contributed by atoms with Gasteiger partial charge in [0.2, 0.25) is 0 Å². The minimum Gasteiger partial charge on any atom is -0.394 e. The number of halogens is 1. The van der Waals surface area contributed by atoms with Crippen LogP contribution in [-0.2, 0) is 0 Å². The van der Waals surface area contributed by atoms with Crippen LogP contribution in [-0.4, -0.2) is 16.6 Å². The van der Waals surface area contributed by atoms with Crippen molar-refractivity contribution in [2.45, 2.75) is 18.2 Å². The van der Waals surface area contributed by atoms with Gasteiger partial charge in [-0.2, -0.15) is 0 Å². The summed E-state index contributed by atoms with van der Waals surface area (Å²) in [5, 5.41) is 8.82. The first-order chi connectivity index (χ1) is 4.66.